The van der Waals surface area contributed by atoms with Gasteiger partial charge in [0.2, 0.25) is 5.78 Å². The summed E-state index contributed by atoms with van der Waals surface area (Å²) in [5.41, 5.74) is 0.809. The van der Waals surface area contributed by atoms with Crippen molar-refractivity contribution in [3.63, 3.8) is 0 Å². The molecule has 0 saturated carbocycles. The molecule has 0 amide bonds. The lowest BCUT2D eigenvalue weighted by Crippen LogP contribution is -2.42. The number of para-hydroxylation sites is 1. The van der Waals surface area contributed by atoms with Gasteiger partial charge in [-0.1, -0.05) is 39.0 Å². The first kappa shape index (κ1) is 18.1. The van der Waals surface area contributed by atoms with E-state index in [1.807, 2.05) is 54.6 Å². The standard InChI is InChI=1S/C22H27O2S/c1-22(2,3)21(25-15-7-8-16-25)20(23)17-11-13-19(14-12-17)24-18-9-5-4-6-10-18/h4-6,9-14,21H,7-8,15-16H2,1-3H3/q+1. The summed E-state index contributed by atoms with van der Waals surface area (Å²) >= 11 is 0. The van der Waals surface area contributed by atoms with Gasteiger partial charge in [0.05, 0.1) is 0 Å². The van der Waals surface area contributed by atoms with Crippen molar-refractivity contribution in [2.45, 2.75) is 38.9 Å². The van der Waals surface area contributed by atoms with E-state index in [-0.39, 0.29) is 21.6 Å². The van der Waals surface area contributed by atoms with Gasteiger partial charge < -0.3 is 4.74 Å². The highest BCUT2D eigenvalue weighted by atomic mass is 32.2. The van der Waals surface area contributed by atoms with Crippen molar-refractivity contribution in [1.29, 1.82) is 0 Å². The summed E-state index contributed by atoms with van der Waals surface area (Å²) < 4.78 is 5.83. The predicted molar refractivity (Wildman–Crippen MR) is 107 cm³/mol. The fourth-order valence-corrected chi connectivity index (χ4v) is 6.68. The summed E-state index contributed by atoms with van der Waals surface area (Å²) in [5.74, 6) is 4.29. The van der Waals surface area contributed by atoms with Crippen LogP contribution in [0.15, 0.2) is 54.6 Å². The fraction of sp³-hybridized carbons (Fsp3) is 0.409. The quantitative estimate of drug-likeness (QED) is 0.524. The molecule has 3 rings (SSSR count). The molecule has 2 aromatic rings. The number of rotatable bonds is 5. The van der Waals surface area contributed by atoms with Crippen LogP contribution in [0.25, 0.3) is 0 Å². The van der Waals surface area contributed by atoms with Crippen LogP contribution in [-0.4, -0.2) is 22.5 Å². The Kier molecular flexibility index (Phi) is 5.53. The van der Waals surface area contributed by atoms with Crippen molar-refractivity contribution in [3.05, 3.63) is 60.2 Å². The van der Waals surface area contributed by atoms with E-state index in [1.54, 1.807) is 0 Å². The third-order valence-corrected chi connectivity index (χ3v) is 7.75. The Bertz CT molecular complexity index is 695. The molecule has 0 bridgehead atoms. The molecule has 0 N–H and O–H groups in total. The Hall–Kier alpha value is -1.74. The van der Waals surface area contributed by atoms with Crippen LogP contribution in [0.3, 0.4) is 0 Å². The molecule has 0 radical (unpaired) electrons. The Morgan fingerprint density at radius 3 is 2.04 bits per heavy atom. The highest BCUT2D eigenvalue weighted by molar-refractivity contribution is 7.98. The minimum Gasteiger partial charge on any atom is -0.457 e. The molecular formula is C22H27O2S+. The topological polar surface area (TPSA) is 26.3 Å². The average Bonchev–Trinajstić information content (AvgIpc) is 3.09. The van der Waals surface area contributed by atoms with Crippen molar-refractivity contribution in [1.82, 2.24) is 0 Å². The van der Waals surface area contributed by atoms with Crippen LogP contribution in [0.2, 0.25) is 0 Å². The summed E-state index contributed by atoms with van der Waals surface area (Å²) in [6.45, 7) is 6.61. The van der Waals surface area contributed by atoms with E-state index >= 15 is 0 Å². The molecule has 1 saturated heterocycles. The predicted octanol–water partition coefficient (Wildman–Crippen LogP) is 5.49. The number of carbonyl (C=O) groups excluding carboxylic acids is 1. The molecule has 0 spiro atoms. The molecule has 1 aliphatic rings. The van der Waals surface area contributed by atoms with E-state index in [0.29, 0.717) is 5.78 Å². The molecule has 1 fully saturated rings. The van der Waals surface area contributed by atoms with Crippen molar-refractivity contribution in [2.75, 3.05) is 11.5 Å². The van der Waals surface area contributed by atoms with Crippen LogP contribution >= 0.6 is 0 Å². The van der Waals surface area contributed by atoms with Gasteiger partial charge in [-0.15, -0.1) is 0 Å². The van der Waals surface area contributed by atoms with Crippen molar-refractivity contribution < 1.29 is 9.53 Å². The monoisotopic (exact) mass is 355 g/mol. The maximum absolute atomic E-state index is 13.2. The molecule has 0 aromatic heterocycles. The number of ether oxygens (including phenoxy) is 1. The van der Waals surface area contributed by atoms with E-state index in [4.69, 9.17) is 4.74 Å². The molecule has 25 heavy (non-hydrogen) atoms. The van der Waals surface area contributed by atoms with Crippen LogP contribution in [0.5, 0.6) is 11.5 Å². The Balaban J connectivity index is 1.76. The molecule has 1 aliphatic heterocycles. The summed E-state index contributed by atoms with van der Waals surface area (Å²) in [7, 11) is 0.217. The Labute approximate surface area is 153 Å². The normalized spacial score (nSPS) is 16.6. The van der Waals surface area contributed by atoms with Crippen LogP contribution < -0.4 is 4.74 Å². The third kappa shape index (κ3) is 4.46. The zero-order valence-corrected chi connectivity index (χ0v) is 16.1. The minimum absolute atomic E-state index is 0.00371. The van der Waals surface area contributed by atoms with Crippen LogP contribution in [-0.2, 0) is 10.9 Å². The molecule has 2 aromatic carbocycles. The summed E-state index contributed by atoms with van der Waals surface area (Å²) in [6, 6.07) is 17.3. The number of Topliss-reactive ketones (excluding diaryl/α,β-unsaturated/α-hetero) is 1. The van der Waals surface area contributed by atoms with Gasteiger partial charge in [0.15, 0.2) is 5.25 Å². The lowest BCUT2D eigenvalue weighted by molar-refractivity contribution is 0.0949. The summed E-state index contributed by atoms with van der Waals surface area (Å²) in [5, 5.41) is 0.121. The number of benzene rings is 2. The van der Waals surface area contributed by atoms with Gasteiger partial charge in [0.25, 0.3) is 0 Å². The van der Waals surface area contributed by atoms with Crippen molar-refractivity contribution in [2.24, 2.45) is 5.41 Å². The van der Waals surface area contributed by atoms with Crippen LogP contribution in [0.1, 0.15) is 44.0 Å². The van der Waals surface area contributed by atoms with Gasteiger partial charge in [0.1, 0.15) is 23.0 Å². The smallest absolute Gasteiger partial charge is 0.215 e. The van der Waals surface area contributed by atoms with Gasteiger partial charge in [-0.3, -0.25) is 4.79 Å². The second-order valence-electron chi connectivity index (χ2n) is 7.70. The van der Waals surface area contributed by atoms with Gasteiger partial charge in [-0.05, 0) is 60.1 Å². The lowest BCUT2D eigenvalue weighted by Gasteiger charge is -2.27. The zero-order valence-electron chi connectivity index (χ0n) is 15.3. The molecule has 1 atom stereocenters. The average molecular weight is 356 g/mol. The first-order chi connectivity index (χ1) is 11.9. The Morgan fingerprint density at radius 2 is 1.48 bits per heavy atom. The maximum Gasteiger partial charge on any atom is 0.215 e. The molecule has 0 aliphatic carbocycles. The molecule has 3 heteroatoms. The van der Waals surface area contributed by atoms with E-state index < -0.39 is 0 Å². The van der Waals surface area contributed by atoms with E-state index in [9.17, 15) is 4.79 Å². The third-order valence-electron chi connectivity index (χ3n) is 4.54. The minimum atomic E-state index is 0.00371. The highest BCUT2D eigenvalue weighted by Gasteiger charge is 2.46. The lowest BCUT2D eigenvalue weighted by atomic mass is 9.87. The maximum atomic E-state index is 13.2. The first-order valence-corrected chi connectivity index (χ1v) is 10.6. The largest absolute Gasteiger partial charge is 0.457 e. The second-order valence-corrected chi connectivity index (χ2v) is 10.1. The van der Waals surface area contributed by atoms with E-state index in [2.05, 4.69) is 20.8 Å². The SMILES string of the molecule is CC(C)(C)C(C(=O)c1ccc(Oc2ccccc2)cc1)[S+]1CCCC1. The van der Waals surface area contributed by atoms with E-state index in [1.165, 1.54) is 24.3 Å². The van der Waals surface area contributed by atoms with Gasteiger partial charge in [-0.2, -0.15) is 0 Å². The zero-order chi connectivity index (χ0) is 17.9. The second kappa shape index (κ2) is 7.65. The molecule has 1 heterocycles. The number of carbonyl (C=O) groups is 1. The number of hydrogen-bond acceptors (Lipinski definition) is 2. The van der Waals surface area contributed by atoms with Crippen molar-refractivity contribution >= 4 is 16.7 Å². The molecule has 1 unspecified atom stereocenters. The number of hydrogen-bond donors (Lipinski definition) is 0. The van der Waals surface area contributed by atoms with Gasteiger partial charge in [0, 0.05) is 11.0 Å². The van der Waals surface area contributed by atoms with Crippen LogP contribution in [0, 0.1) is 5.41 Å². The van der Waals surface area contributed by atoms with Crippen molar-refractivity contribution in [3.8, 4) is 11.5 Å². The van der Waals surface area contributed by atoms with E-state index in [0.717, 1.165) is 17.1 Å². The summed E-state index contributed by atoms with van der Waals surface area (Å²) in [6.07, 6.45) is 2.54. The molecule has 132 valence electrons. The van der Waals surface area contributed by atoms with Gasteiger partial charge >= 0.3 is 0 Å². The van der Waals surface area contributed by atoms with Crippen LogP contribution in [0.4, 0.5) is 0 Å². The molecular weight excluding hydrogens is 328 g/mol. The fourth-order valence-electron chi connectivity index (χ4n) is 3.42. The highest BCUT2D eigenvalue weighted by Crippen LogP contribution is 2.34. The first-order valence-electron chi connectivity index (χ1n) is 8.98. The Morgan fingerprint density at radius 1 is 0.920 bits per heavy atom. The summed E-state index contributed by atoms with van der Waals surface area (Å²) in [4.78, 5) is 13.2. The van der Waals surface area contributed by atoms with Gasteiger partial charge in [-0.25, -0.2) is 0 Å². The molecule has 2 nitrogen and oxygen atoms in total. The number of ketones is 1.